The van der Waals surface area contributed by atoms with Gasteiger partial charge in [-0.25, -0.2) is 13.8 Å². The lowest BCUT2D eigenvalue weighted by molar-refractivity contribution is 0.511. The summed E-state index contributed by atoms with van der Waals surface area (Å²) in [5.74, 6) is -1.58. The van der Waals surface area contributed by atoms with Crippen LogP contribution >= 0.6 is 11.3 Å². The van der Waals surface area contributed by atoms with E-state index in [0.29, 0.717) is 0 Å². The zero-order valence-electron chi connectivity index (χ0n) is 8.08. The van der Waals surface area contributed by atoms with E-state index >= 15 is 0 Å². The number of benzene rings is 1. The average Bonchev–Trinajstić information content (AvgIpc) is 2.66. The number of aromatic nitrogens is 1. The number of hydrogen-bond donors (Lipinski definition) is 1. The lowest BCUT2D eigenvalue weighted by Crippen LogP contribution is -1.89. The monoisotopic (exact) mass is 239 g/mol. The molecule has 0 aliphatic heterocycles. The second kappa shape index (κ2) is 4.02. The van der Waals surface area contributed by atoms with Gasteiger partial charge in [0.1, 0.15) is 28.1 Å². The van der Waals surface area contributed by atoms with Gasteiger partial charge in [-0.2, -0.15) is 0 Å². The summed E-state index contributed by atoms with van der Waals surface area (Å²) in [6.45, 7) is 3.29. The fraction of sp³-hybridized carbons (Fsp3) is 0. The topological polar surface area (TPSA) is 33.1 Å². The van der Waals surface area contributed by atoms with Gasteiger partial charge in [0.05, 0.1) is 5.56 Å². The molecule has 0 atom stereocenters. The first-order chi connectivity index (χ1) is 7.59. The summed E-state index contributed by atoms with van der Waals surface area (Å²) in [6, 6.07) is 3.61. The fourth-order valence-electron chi connectivity index (χ4n) is 1.22. The summed E-state index contributed by atoms with van der Waals surface area (Å²) >= 11 is 1.05. The highest BCUT2D eigenvalue weighted by molar-refractivity contribution is 7.13. The third-order valence-electron chi connectivity index (χ3n) is 1.98. The van der Waals surface area contributed by atoms with Crippen molar-refractivity contribution in [3.8, 4) is 10.6 Å². The van der Waals surface area contributed by atoms with Crippen LogP contribution in [0.25, 0.3) is 16.3 Å². The van der Waals surface area contributed by atoms with Crippen LogP contribution in [-0.2, 0) is 0 Å². The molecular formula is C11H7F2NOS. The maximum absolute atomic E-state index is 13.4. The van der Waals surface area contributed by atoms with Gasteiger partial charge in [-0.05, 0) is 12.1 Å². The van der Waals surface area contributed by atoms with Crippen molar-refractivity contribution in [3.63, 3.8) is 0 Å². The number of aliphatic hydroxyl groups excluding tert-OH is 1. The molecule has 0 saturated carbocycles. The maximum atomic E-state index is 13.4. The minimum absolute atomic E-state index is 0.181. The Morgan fingerprint density at radius 1 is 1.31 bits per heavy atom. The molecule has 1 aromatic carbocycles. The molecule has 0 fully saturated rings. The lowest BCUT2D eigenvalue weighted by Gasteiger charge is -1.99. The highest BCUT2D eigenvalue weighted by atomic mass is 32.1. The van der Waals surface area contributed by atoms with Gasteiger partial charge >= 0.3 is 0 Å². The molecule has 82 valence electrons. The third kappa shape index (κ3) is 1.81. The predicted molar refractivity (Wildman–Crippen MR) is 59.1 cm³/mol. The summed E-state index contributed by atoms with van der Waals surface area (Å²) < 4.78 is 26.8. The number of aliphatic hydroxyl groups is 1. The van der Waals surface area contributed by atoms with Crippen molar-refractivity contribution in [2.24, 2.45) is 0 Å². The fourth-order valence-corrected chi connectivity index (χ4v) is 2.10. The Morgan fingerprint density at radius 2 is 1.94 bits per heavy atom. The lowest BCUT2D eigenvalue weighted by atomic mass is 10.2. The van der Waals surface area contributed by atoms with Crippen molar-refractivity contribution in [1.29, 1.82) is 0 Å². The molecule has 1 N–H and O–H groups in total. The normalized spacial score (nSPS) is 10.4. The average molecular weight is 239 g/mol. The van der Waals surface area contributed by atoms with Crippen molar-refractivity contribution >= 4 is 17.1 Å². The Labute approximate surface area is 94.5 Å². The molecular weight excluding hydrogens is 232 g/mol. The minimum atomic E-state index is -0.676. The van der Waals surface area contributed by atoms with Gasteiger partial charge in [0.15, 0.2) is 0 Å². The SMILES string of the molecule is C=C(O)c1csc(-c2c(F)cccc2F)n1. The molecule has 0 unspecified atom stereocenters. The smallest absolute Gasteiger partial charge is 0.136 e. The Balaban J connectivity index is 2.54. The van der Waals surface area contributed by atoms with Gasteiger partial charge in [-0.3, -0.25) is 0 Å². The number of rotatable bonds is 2. The molecule has 2 rings (SSSR count). The molecule has 5 heteroatoms. The van der Waals surface area contributed by atoms with Crippen molar-refractivity contribution in [3.05, 3.63) is 47.5 Å². The summed E-state index contributed by atoms with van der Waals surface area (Å²) in [7, 11) is 0. The van der Waals surface area contributed by atoms with Crippen LogP contribution in [0.15, 0.2) is 30.2 Å². The van der Waals surface area contributed by atoms with E-state index in [1.165, 1.54) is 11.4 Å². The van der Waals surface area contributed by atoms with Crippen LogP contribution in [0.1, 0.15) is 5.69 Å². The van der Waals surface area contributed by atoms with E-state index in [1.54, 1.807) is 0 Å². The number of hydrogen-bond acceptors (Lipinski definition) is 3. The Bertz CT molecular complexity index is 530. The first-order valence-corrected chi connectivity index (χ1v) is 5.25. The molecule has 1 aromatic heterocycles. The number of halogens is 2. The first kappa shape index (κ1) is 10.8. The van der Waals surface area contributed by atoms with Gasteiger partial charge in [-0.15, -0.1) is 11.3 Å². The van der Waals surface area contributed by atoms with E-state index in [2.05, 4.69) is 11.6 Å². The maximum Gasteiger partial charge on any atom is 0.136 e. The first-order valence-electron chi connectivity index (χ1n) is 4.37. The molecule has 0 aliphatic carbocycles. The molecule has 2 aromatic rings. The molecule has 0 aliphatic rings. The Kier molecular flexibility index (Phi) is 2.70. The van der Waals surface area contributed by atoms with E-state index in [9.17, 15) is 8.78 Å². The van der Waals surface area contributed by atoms with Crippen molar-refractivity contribution in [1.82, 2.24) is 4.98 Å². The molecule has 1 heterocycles. The van der Waals surface area contributed by atoms with Crippen LogP contribution in [0.3, 0.4) is 0 Å². The summed E-state index contributed by atoms with van der Waals surface area (Å²) in [6.07, 6.45) is 0. The summed E-state index contributed by atoms with van der Waals surface area (Å²) in [5.41, 5.74) is 0.0441. The number of thiazole rings is 1. The highest BCUT2D eigenvalue weighted by Crippen LogP contribution is 2.29. The van der Waals surface area contributed by atoms with Crippen LogP contribution in [0.2, 0.25) is 0 Å². The minimum Gasteiger partial charge on any atom is -0.506 e. The Hall–Kier alpha value is -1.75. The second-order valence-corrected chi connectivity index (χ2v) is 3.94. The molecule has 16 heavy (non-hydrogen) atoms. The van der Waals surface area contributed by atoms with Gasteiger partial charge < -0.3 is 5.11 Å². The van der Waals surface area contributed by atoms with Crippen LogP contribution in [-0.4, -0.2) is 10.1 Å². The van der Waals surface area contributed by atoms with Gasteiger partial charge in [0.25, 0.3) is 0 Å². The molecule has 0 bridgehead atoms. The van der Waals surface area contributed by atoms with E-state index in [4.69, 9.17) is 5.11 Å². The van der Waals surface area contributed by atoms with Crippen LogP contribution < -0.4 is 0 Å². The van der Waals surface area contributed by atoms with Gasteiger partial charge in [0, 0.05) is 5.38 Å². The summed E-state index contributed by atoms with van der Waals surface area (Å²) in [5, 5.41) is 10.8. The quantitative estimate of drug-likeness (QED) is 0.812. The molecule has 0 amide bonds. The largest absolute Gasteiger partial charge is 0.506 e. The zero-order chi connectivity index (χ0) is 11.7. The zero-order valence-corrected chi connectivity index (χ0v) is 8.89. The molecule has 0 saturated heterocycles. The summed E-state index contributed by atoms with van der Waals surface area (Å²) in [4.78, 5) is 3.89. The molecule has 0 radical (unpaired) electrons. The predicted octanol–water partition coefficient (Wildman–Crippen LogP) is 3.62. The van der Waals surface area contributed by atoms with Crippen LogP contribution in [0.5, 0.6) is 0 Å². The van der Waals surface area contributed by atoms with Crippen LogP contribution in [0, 0.1) is 11.6 Å². The van der Waals surface area contributed by atoms with E-state index in [-0.39, 0.29) is 22.0 Å². The number of nitrogens with zero attached hydrogens (tertiary/aromatic N) is 1. The van der Waals surface area contributed by atoms with Crippen molar-refractivity contribution in [2.45, 2.75) is 0 Å². The Morgan fingerprint density at radius 3 is 2.44 bits per heavy atom. The van der Waals surface area contributed by atoms with Gasteiger partial charge in [-0.1, -0.05) is 12.6 Å². The second-order valence-electron chi connectivity index (χ2n) is 3.08. The van der Waals surface area contributed by atoms with Gasteiger partial charge in [0.2, 0.25) is 0 Å². The highest BCUT2D eigenvalue weighted by Gasteiger charge is 2.15. The molecule has 2 nitrogen and oxygen atoms in total. The van der Waals surface area contributed by atoms with Crippen molar-refractivity contribution < 1.29 is 13.9 Å². The molecule has 0 spiro atoms. The van der Waals surface area contributed by atoms with E-state index < -0.39 is 11.6 Å². The van der Waals surface area contributed by atoms with Crippen molar-refractivity contribution in [2.75, 3.05) is 0 Å². The standard InChI is InChI=1S/C11H7F2NOS/c1-6(15)9-5-16-11(14-9)10-7(12)3-2-4-8(10)13/h2-5,15H,1H2. The third-order valence-corrected chi connectivity index (χ3v) is 2.84. The van der Waals surface area contributed by atoms with E-state index in [0.717, 1.165) is 23.5 Å². The van der Waals surface area contributed by atoms with E-state index in [1.807, 2.05) is 0 Å². The van der Waals surface area contributed by atoms with Crippen LogP contribution in [0.4, 0.5) is 8.78 Å².